The number of aliphatic hydroxyl groups excluding tert-OH is 2. The predicted molar refractivity (Wildman–Crippen MR) is 102 cm³/mol. The van der Waals surface area contributed by atoms with Crippen molar-refractivity contribution in [3.8, 4) is 11.5 Å². The van der Waals surface area contributed by atoms with Crippen LogP contribution >= 0.6 is 11.6 Å². The summed E-state index contributed by atoms with van der Waals surface area (Å²) < 4.78 is 5.87. The second-order valence-electron chi connectivity index (χ2n) is 7.59. The first-order valence-electron chi connectivity index (χ1n) is 9.25. The maximum Gasteiger partial charge on any atom is 0.171 e. The van der Waals surface area contributed by atoms with Gasteiger partial charge < -0.3 is 25.2 Å². The van der Waals surface area contributed by atoms with Gasteiger partial charge in [0.1, 0.15) is 29.7 Å². The van der Waals surface area contributed by atoms with E-state index in [1.807, 2.05) is 35.2 Å². The number of halogens is 1. The van der Waals surface area contributed by atoms with Crippen molar-refractivity contribution < 1.29 is 25.2 Å². The number of ether oxygens (including phenoxy) is 1. The standard InChI is InChI=1S/C20H23ClN2O5/c21-19-15(24)7-6-14(22-19)16(25)10-23-9-12-8-17(18(26)20(12,27)11-23)28-13-4-2-1-3-5-13/h1-7,12,16-18,24-27H,8-11H2/t12-,16-,17+,18+,20-/m0/s1. The van der Waals surface area contributed by atoms with Gasteiger partial charge in [0, 0.05) is 25.6 Å². The van der Waals surface area contributed by atoms with E-state index in [1.165, 1.54) is 12.1 Å². The molecule has 1 saturated carbocycles. The van der Waals surface area contributed by atoms with Gasteiger partial charge in [-0.15, -0.1) is 0 Å². The molecule has 0 unspecified atom stereocenters. The van der Waals surface area contributed by atoms with Crippen LogP contribution in [0.3, 0.4) is 0 Å². The zero-order valence-electron chi connectivity index (χ0n) is 15.1. The van der Waals surface area contributed by atoms with Crippen molar-refractivity contribution in [3.63, 3.8) is 0 Å². The van der Waals surface area contributed by atoms with E-state index in [4.69, 9.17) is 16.3 Å². The largest absolute Gasteiger partial charge is 0.505 e. The van der Waals surface area contributed by atoms with E-state index in [-0.39, 0.29) is 29.9 Å². The molecule has 1 aliphatic heterocycles. The van der Waals surface area contributed by atoms with E-state index in [1.54, 1.807) is 0 Å². The Hall–Kier alpha value is -1.90. The lowest BCUT2D eigenvalue weighted by molar-refractivity contribution is -0.0876. The van der Waals surface area contributed by atoms with Gasteiger partial charge >= 0.3 is 0 Å². The Morgan fingerprint density at radius 2 is 2.00 bits per heavy atom. The fourth-order valence-corrected chi connectivity index (χ4v) is 4.42. The van der Waals surface area contributed by atoms with Crippen molar-refractivity contribution in [1.29, 1.82) is 0 Å². The van der Waals surface area contributed by atoms with Gasteiger partial charge in [0.15, 0.2) is 10.9 Å². The molecule has 2 heterocycles. The molecule has 0 amide bonds. The summed E-state index contributed by atoms with van der Waals surface area (Å²) in [5.74, 6) is 0.368. The molecule has 28 heavy (non-hydrogen) atoms. The average molecular weight is 407 g/mol. The molecular formula is C20H23ClN2O5. The summed E-state index contributed by atoms with van der Waals surface area (Å²) in [5.41, 5.74) is -0.933. The van der Waals surface area contributed by atoms with Gasteiger partial charge in [-0.3, -0.25) is 4.90 Å². The molecule has 0 bridgehead atoms. The summed E-state index contributed by atoms with van der Waals surface area (Å²) in [4.78, 5) is 5.89. The summed E-state index contributed by atoms with van der Waals surface area (Å²) in [6.45, 7) is 1.01. The van der Waals surface area contributed by atoms with Crippen molar-refractivity contribution in [2.24, 2.45) is 5.92 Å². The zero-order valence-corrected chi connectivity index (χ0v) is 15.9. The highest BCUT2D eigenvalue weighted by atomic mass is 35.5. The molecule has 1 aromatic carbocycles. The fraction of sp³-hybridized carbons (Fsp3) is 0.450. The Morgan fingerprint density at radius 3 is 2.68 bits per heavy atom. The minimum atomic E-state index is -1.28. The molecule has 0 spiro atoms. The summed E-state index contributed by atoms with van der Waals surface area (Å²) >= 11 is 5.80. The Morgan fingerprint density at radius 1 is 1.25 bits per heavy atom. The van der Waals surface area contributed by atoms with E-state index in [0.29, 0.717) is 24.4 Å². The van der Waals surface area contributed by atoms with Crippen molar-refractivity contribution >= 4 is 11.6 Å². The van der Waals surface area contributed by atoms with Crippen LogP contribution in [0.25, 0.3) is 0 Å². The van der Waals surface area contributed by atoms with Crippen LogP contribution in [0.4, 0.5) is 0 Å². The lowest BCUT2D eigenvalue weighted by Gasteiger charge is -2.29. The van der Waals surface area contributed by atoms with Gasteiger partial charge in [-0.2, -0.15) is 0 Å². The minimum Gasteiger partial charge on any atom is -0.505 e. The Balaban J connectivity index is 1.39. The lowest BCUT2D eigenvalue weighted by atomic mass is 9.93. The van der Waals surface area contributed by atoms with Crippen molar-refractivity contribution in [2.75, 3.05) is 19.6 Å². The summed E-state index contributed by atoms with van der Waals surface area (Å²) in [6, 6.07) is 12.1. The average Bonchev–Trinajstić information content (AvgIpc) is 3.10. The highest BCUT2D eigenvalue weighted by Crippen LogP contribution is 2.43. The van der Waals surface area contributed by atoms with E-state index >= 15 is 0 Å². The summed E-state index contributed by atoms with van der Waals surface area (Å²) in [6.07, 6.45) is -1.88. The number of fused-ring (bicyclic) bond motifs is 1. The molecule has 0 radical (unpaired) electrons. The molecule has 2 fully saturated rings. The van der Waals surface area contributed by atoms with E-state index < -0.39 is 23.9 Å². The van der Waals surface area contributed by atoms with Crippen LogP contribution in [0.2, 0.25) is 5.15 Å². The highest BCUT2D eigenvalue weighted by Gasteiger charge is 2.59. The number of aromatic nitrogens is 1. The monoisotopic (exact) mass is 406 g/mol. The van der Waals surface area contributed by atoms with Gasteiger partial charge in [0.05, 0.1) is 5.69 Å². The first kappa shape index (κ1) is 19.4. The number of pyridine rings is 1. The van der Waals surface area contributed by atoms with Crippen LogP contribution in [-0.2, 0) is 0 Å². The van der Waals surface area contributed by atoms with E-state index in [9.17, 15) is 20.4 Å². The maximum atomic E-state index is 11.1. The molecule has 4 N–H and O–H groups in total. The number of likely N-dealkylation sites (tertiary alicyclic amines) is 1. The Labute approximate surface area is 167 Å². The van der Waals surface area contributed by atoms with Crippen molar-refractivity contribution in [2.45, 2.75) is 30.3 Å². The minimum absolute atomic E-state index is 0.0650. The van der Waals surface area contributed by atoms with Gasteiger partial charge in [-0.1, -0.05) is 29.8 Å². The van der Waals surface area contributed by atoms with Crippen LogP contribution in [0.5, 0.6) is 11.5 Å². The van der Waals surface area contributed by atoms with Crippen LogP contribution < -0.4 is 4.74 Å². The number of β-amino-alcohol motifs (C(OH)–C–C–N with tert-alkyl or cyclic N) is 2. The molecule has 150 valence electrons. The molecule has 2 aliphatic rings. The fourth-order valence-electron chi connectivity index (χ4n) is 4.26. The number of hydrogen-bond donors (Lipinski definition) is 4. The predicted octanol–water partition coefficient (Wildman–Crippen LogP) is 1.35. The quantitative estimate of drug-likeness (QED) is 0.555. The third-order valence-electron chi connectivity index (χ3n) is 5.70. The van der Waals surface area contributed by atoms with Crippen molar-refractivity contribution in [1.82, 2.24) is 9.88 Å². The topological polar surface area (TPSA) is 106 Å². The van der Waals surface area contributed by atoms with E-state index in [2.05, 4.69) is 4.98 Å². The Bertz CT molecular complexity index is 839. The number of rotatable bonds is 5. The van der Waals surface area contributed by atoms with Gasteiger partial charge in [-0.25, -0.2) is 4.98 Å². The molecule has 7 nitrogen and oxygen atoms in total. The smallest absolute Gasteiger partial charge is 0.171 e. The molecular weight excluding hydrogens is 384 g/mol. The maximum absolute atomic E-state index is 11.1. The number of aromatic hydroxyl groups is 1. The first-order valence-corrected chi connectivity index (χ1v) is 9.62. The molecule has 8 heteroatoms. The molecule has 5 atom stereocenters. The second-order valence-corrected chi connectivity index (χ2v) is 7.95. The summed E-state index contributed by atoms with van der Waals surface area (Å²) in [7, 11) is 0. The van der Waals surface area contributed by atoms with Gasteiger partial charge in [0.25, 0.3) is 0 Å². The summed E-state index contributed by atoms with van der Waals surface area (Å²) in [5, 5.41) is 41.6. The Kier molecular flexibility index (Phi) is 5.20. The molecule has 1 aliphatic carbocycles. The molecule has 1 aromatic heterocycles. The number of aliphatic hydroxyl groups is 3. The van der Waals surface area contributed by atoms with Gasteiger partial charge in [0.2, 0.25) is 0 Å². The van der Waals surface area contributed by atoms with Crippen LogP contribution in [-0.4, -0.2) is 67.8 Å². The SMILES string of the molecule is Oc1ccc([C@@H](O)CN2C[C@@H]3C[C@@H](Oc4ccccc4)[C@@H](O)[C@]3(O)C2)nc1Cl. The first-order chi connectivity index (χ1) is 13.4. The molecule has 2 aromatic rings. The lowest BCUT2D eigenvalue weighted by Crippen LogP contribution is -2.49. The normalized spacial score (nSPS) is 30.9. The van der Waals surface area contributed by atoms with Crippen LogP contribution in [0, 0.1) is 5.92 Å². The molecule has 1 saturated heterocycles. The molecule has 4 rings (SSSR count). The van der Waals surface area contributed by atoms with E-state index in [0.717, 1.165) is 0 Å². The zero-order chi connectivity index (χ0) is 19.9. The number of nitrogens with zero attached hydrogens (tertiary/aromatic N) is 2. The van der Waals surface area contributed by atoms with Crippen molar-refractivity contribution in [3.05, 3.63) is 53.3 Å². The highest BCUT2D eigenvalue weighted by molar-refractivity contribution is 6.30. The third kappa shape index (κ3) is 3.56. The second kappa shape index (κ2) is 7.50. The van der Waals surface area contributed by atoms with Crippen LogP contribution in [0.15, 0.2) is 42.5 Å². The van der Waals surface area contributed by atoms with Crippen LogP contribution in [0.1, 0.15) is 18.2 Å². The number of benzene rings is 1. The number of para-hydroxylation sites is 1. The third-order valence-corrected chi connectivity index (χ3v) is 5.98. The number of hydrogen-bond acceptors (Lipinski definition) is 7. The van der Waals surface area contributed by atoms with Gasteiger partial charge in [-0.05, 0) is 30.7 Å².